The molecule has 0 aliphatic rings. The normalized spacial score (nSPS) is 10.2. The van der Waals surface area contributed by atoms with Gasteiger partial charge in [-0.05, 0) is 43.3 Å². The second-order valence-electron chi connectivity index (χ2n) is 4.64. The van der Waals surface area contributed by atoms with Crippen LogP contribution >= 0.6 is 0 Å². The van der Waals surface area contributed by atoms with Crippen LogP contribution in [0.5, 0.6) is 0 Å². The molecule has 3 aromatic rings. The van der Waals surface area contributed by atoms with E-state index in [2.05, 4.69) is 34.1 Å². The number of pyridine rings is 1. The predicted octanol–water partition coefficient (Wildman–Crippen LogP) is 4.86. The van der Waals surface area contributed by atoms with E-state index in [4.69, 9.17) is 0 Å². The van der Waals surface area contributed by atoms with Crippen LogP contribution in [0.3, 0.4) is 0 Å². The average Bonchev–Trinajstić information content (AvgIpc) is 2.50. The minimum absolute atomic E-state index is 0.933. The van der Waals surface area contributed by atoms with Gasteiger partial charge in [-0.2, -0.15) is 0 Å². The summed E-state index contributed by atoms with van der Waals surface area (Å²) >= 11 is 0. The van der Waals surface area contributed by atoms with E-state index in [1.165, 1.54) is 0 Å². The summed E-state index contributed by atoms with van der Waals surface area (Å²) in [6.07, 6.45) is 0. The lowest BCUT2D eigenvalue weighted by Gasteiger charge is -2.24. The Morgan fingerprint density at radius 1 is 0.650 bits per heavy atom. The average molecular weight is 260 g/mol. The molecule has 0 unspecified atom stereocenters. The van der Waals surface area contributed by atoms with Crippen molar-refractivity contribution in [1.82, 2.24) is 4.98 Å². The number of para-hydroxylation sites is 2. The second-order valence-corrected chi connectivity index (χ2v) is 4.64. The molecule has 0 spiro atoms. The van der Waals surface area contributed by atoms with Crippen LogP contribution in [0.25, 0.3) is 0 Å². The lowest BCUT2D eigenvalue weighted by atomic mass is 10.2. The number of hydrogen-bond acceptors (Lipinski definition) is 2. The van der Waals surface area contributed by atoms with Crippen molar-refractivity contribution < 1.29 is 0 Å². The van der Waals surface area contributed by atoms with E-state index in [1.54, 1.807) is 0 Å². The fourth-order valence-electron chi connectivity index (χ4n) is 2.22. The van der Waals surface area contributed by atoms with Crippen LogP contribution in [0, 0.1) is 6.92 Å². The largest absolute Gasteiger partial charge is 0.295 e. The number of rotatable bonds is 3. The Labute approximate surface area is 119 Å². The van der Waals surface area contributed by atoms with Gasteiger partial charge in [0.05, 0.1) is 0 Å². The van der Waals surface area contributed by atoms with Crippen molar-refractivity contribution in [3.63, 3.8) is 0 Å². The maximum absolute atomic E-state index is 4.65. The maximum Gasteiger partial charge on any atom is 0.137 e. The molecule has 0 saturated heterocycles. The molecule has 3 rings (SSSR count). The first-order valence-corrected chi connectivity index (χ1v) is 6.68. The highest BCUT2D eigenvalue weighted by molar-refractivity contribution is 5.74. The zero-order valence-corrected chi connectivity index (χ0v) is 11.4. The summed E-state index contributed by atoms with van der Waals surface area (Å²) in [6.45, 7) is 2.01. The third-order valence-corrected chi connectivity index (χ3v) is 3.13. The molecule has 1 heterocycles. The smallest absolute Gasteiger partial charge is 0.137 e. The van der Waals surface area contributed by atoms with Crippen molar-refractivity contribution in [3.8, 4) is 0 Å². The van der Waals surface area contributed by atoms with E-state index in [-0.39, 0.29) is 0 Å². The van der Waals surface area contributed by atoms with E-state index in [9.17, 15) is 0 Å². The van der Waals surface area contributed by atoms with Gasteiger partial charge >= 0.3 is 0 Å². The van der Waals surface area contributed by atoms with Crippen LogP contribution in [-0.2, 0) is 0 Å². The summed E-state index contributed by atoms with van der Waals surface area (Å²) < 4.78 is 0. The fourth-order valence-corrected chi connectivity index (χ4v) is 2.22. The molecule has 0 aliphatic carbocycles. The summed E-state index contributed by atoms with van der Waals surface area (Å²) in [6, 6.07) is 26.7. The van der Waals surface area contributed by atoms with Crippen LogP contribution in [0.4, 0.5) is 17.2 Å². The first-order chi connectivity index (χ1) is 9.84. The molecule has 0 fully saturated rings. The summed E-state index contributed by atoms with van der Waals surface area (Å²) in [5.41, 5.74) is 3.23. The van der Waals surface area contributed by atoms with Gasteiger partial charge in [-0.3, -0.25) is 4.90 Å². The molecular weight excluding hydrogens is 244 g/mol. The minimum Gasteiger partial charge on any atom is -0.295 e. The Balaban J connectivity index is 2.14. The zero-order valence-electron chi connectivity index (χ0n) is 11.4. The van der Waals surface area contributed by atoms with Gasteiger partial charge in [0, 0.05) is 17.1 Å². The summed E-state index contributed by atoms with van der Waals surface area (Å²) in [4.78, 5) is 6.81. The number of benzene rings is 2. The van der Waals surface area contributed by atoms with Gasteiger partial charge < -0.3 is 0 Å². The molecule has 2 heteroatoms. The Bertz CT molecular complexity index is 639. The number of aromatic nitrogens is 1. The SMILES string of the molecule is Cc1cccc(N(c2ccccc2)c2ccccc2)n1. The number of aryl methyl sites for hydroxylation is 1. The van der Waals surface area contributed by atoms with Gasteiger partial charge in [-0.1, -0.05) is 42.5 Å². The van der Waals surface area contributed by atoms with Crippen molar-refractivity contribution in [2.45, 2.75) is 6.92 Å². The van der Waals surface area contributed by atoms with E-state index in [0.29, 0.717) is 0 Å². The third kappa shape index (κ3) is 2.54. The van der Waals surface area contributed by atoms with Crippen molar-refractivity contribution in [2.75, 3.05) is 4.90 Å². The highest BCUT2D eigenvalue weighted by atomic mass is 15.2. The Hall–Kier alpha value is -2.61. The third-order valence-electron chi connectivity index (χ3n) is 3.13. The van der Waals surface area contributed by atoms with E-state index < -0.39 is 0 Å². The topological polar surface area (TPSA) is 16.1 Å². The highest BCUT2D eigenvalue weighted by Crippen LogP contribution is 2.32. The summed E-state index contributed by atoms with van der Waals surface area (Å²) in [5, 5.41) is 0. The molecule has 2 nitrogen and oxygen atoms in total. The summed E-state index contributed by atoms with van der Waals surface area (Å²) in [5.74, 6) is 0.933. The van der Waals surface area contributed by atoms with E-state index >= 15 is 0 Å². The molecule has 2 aromatic carbocycles. The number of anilines is 3. The summed E-state index contributed by atoms with van der Waals surface area (Å²) in [7, 11) is 0. The molecule has 0 amide bonds. The Morgan fingerprint density at radius 3 is 1.70 bits per heavy atom. The van der Waals surface area contributed by atoms with Crippen molar-refractivity contribution in [1.29, 1.82) is 0 Å². The molecule has 0 saturated carbocycles. The van der Waals surface area contributed by atoms with Crippen LogP contribution < -0.4 is 4.90 Å². The van der Waals surface area contributed by atoms with Crippen molar-refractivity contribution in [2.24, 2.45) is 0 Å². The van der Waals surface area contributed by atoms with Gasteiger partial charge in [0.15, 0.2) is 0 Å². The van der Waals surface area contributed by atoms with Crippen molar-refractivity contribution >= 4 is 17.2 Å². The van der Waals surface area contributed by atoms with Crippen molar-refractivity contribution in [3.05, 3.63) is 84.6 Å². The predicted molar refractivity (Wildman–Crippen MR) is 83.7 cm³/mol. The maximum atomic E-state index is 4.65. The molecule has 0 aliphatic heterocycles. The first-order valence-electron chi connectivity index (χ1n) is 6.68. The molecule has 98 valence electrons. The van der Waals surface area contributed by atoms with Crippen LogP contribution in [0.15, 0.2) is 78.9 Å². The lowest BCUT2D eigenvalue weighted by Crippen LogP contribution is -2.11. The standard InChI is InChI=1S/C18H16N2/c1-15-9-8-14-18(19-15)20(16-10-4-2-5-11-16)17-12-6-3-7-13-17/h2-14H,1H3. The van der Waals surface area contributed by atoms with E-state index in [0.717, 1.165) is 22.9 Å². The van der Waals surface area contributed by atoms with Gasteiger partial charge in [0.2, 0.25) is 0 Å². The van der Waals surface area contributed by atoms with Gasteiger partial charge in [0.25, 0.3) is 0 Å². The minimum atomic E-state index is 0.933. The molecule has 1 aromatic heterocycles. The quantitative estimate of drug-likeness (QED) is 0.668. The molecule has 0 radical (unpaired) electrons. The van der Waals surface area contributed by atoms with Gasteiger partial charge in [-0.15, -0.1) is 0 Å². The second kappa shape index (κ2) is 5.57. The molecule has 20 heavy (non-hydrogen) atoms. The highest BCUT2D eigenvalue weighted by Gasteiger charge is 2.12. The number of nitrogens with zero attached hydrogens (tertiary/aromatic N) is 2. The lowest BCUT2D eigenvalue weighted by molar-refractivity contribution is 1.13. The zero-order chi connectivity index (χ0) is 13.8. The fraction of sp³-hybridized carbons (Fsp3) is 0.0556. The van der Waals surface area contributed by atoms with Crippen LogP contribution in [0.1, 0.15) is 5.69 Å². The van der Waals surface area contributed by atoms with Gasteiger partial charge in [-0.25, -0.2) is 4.98 Å². The molecule has 0 atom stereocenters. The molecule has 0 bridgehead atoms. The van der Waals surface area contributed by atoms with E-state index in [1.807, 2.05) is 61.5 Å². The van der Waals surface area contributed by atoms with Gasteiger partial charge in [0.1, 0.15) is 5.82 Å². The number of hydrogen-bond donors (Lipinski definition) is 0. The molecular formula is C18H16N2. The van der Waals surface area contributed by atoms with Crippen LogP contribution in [-0.4, -0.2) is 4.98 Å². The molecule has 0 N–H and O–H groups in total. The monoisotopic (exact) mass is 260 g/mol. The van der Waals surface area contributed by atoms with Crippen LogP contribution in [0.2, 0.25) is 0 Å². The Morgan fingerprint density at radius 2 is 1.20 bits per heavy atom. The Kier molecular flexibility index (Phi) is 3.46. The first kappa shape index (κ1) is 12.4.